The maximum atomic E-state index is 11.1. The van der Waals surface area contributed by atoms with E-state index in [9.17, 15) is 9.90 Å². The zero-order valence-electron chi connectivity index (χ0n) is 10.5. The van der Waals surface area contributed by atoms with Gasteiger partial charge in [-0.15, -0.1) is 0 Å². The van der Waals surface area contributed by atoms with Crippen LogP contribution >= 0.6 is 0 Å². The Labute approximate surface area is 106 Å². The summed E-state index contributed by atoms with van der Waals surface area (Å²) in [5, 5.41) is 18.7. The number of rotatable bonds is 5. The van der Waals surface area contributed by atoms with E-state index in [0.717, 1.165) is 18.7 Å². The minimum absolute atomic E-state index is 0.303. The molecule has 1 aromatic rings. The van der Waals surface area contributed by atoms with Gasteiger partial charge in [-0.25, -0.2) is 4.98 Å². The molecule has 1 aliphatic rings. The topological polar surface area (TPSA) is 78.6 Å². The van der Waals surface area contributed by atoms with Crippen molar-refractivity contribution < 1.29 is 15.0 Å². The third-order valence-corrected chi connectivity index (χ3v) is 3.29. The maximum Gasteiger partial charge on any atom is 0.321 e. The van der Waals surface area contributed by atoms with Gasteiger partial charge in [-0.1, -0.05) is 6.92 Å². The van der Waals surface area contributed by atoms with E-state index in [1.54, 1.807) is 17.4 Å². The summed E-state index contributed by atoms with van der Waals surface area (Å²) in [5.41, 5.74) is 0.997. The van der Waals surface area contributed by atoms with Crippen molar-refractivity contribution in [2.75, 3.05) is 6.54 Å². The highest BCUT2D eigenvalue weighted by Crippen LogP contribution is 2.20. The number of hydrogen-bond acceptors (Lipinski definition) is 4. The first kappa shape index (κ1) is 13.0. The van der Waals surface area contributed by atoms with Crippen LogP contribution in [-0.4, -0.2) is 49.3 Å². The Hall–Kier alpha value is -1.40. The molecule has 2 unspecified atom stereocenters. The monoisotopic (exact) mass is 253 g/mol. The average molecular weight is 253 g/mol. The molecule has 0 amide bonds. The van der Waals surface area contributed by atoms with Gasteiger partial charge in [0.2, 0.25) is 0 Å². The predicted molar refractivity (Wildman–Crippen MR) is 65.0 cm³/mol. The lowest BCUT2D eigenvalue weighted by Gasteiger charge is -2.21. The van der Waals surface area contributed by atoms with Gasteiger partial charge in [0.15, 0.2) is 0 Å². The van der Waals surface area contributed by atoms with Crippen LogP contribution in [0.5, 0.6) is 0 Å². The zero-order valence-corrected chi connectivity index (χ0v) is 10.5. The molecule has 1 saturated heterocycles. The van der Waals surface area contributed by atoms with Crippen LogP contribution in [0.25, 0.3) is 0 Å². The standard InChI is InChI=1S/C12H19N3O3/c1-2-3-14-8-13-5-9(14)6-15-7-10(16)4-11(15)12(17)18/h5,8,10-11,16H,2-4,6-7H2,1H3,(H,17,18). The fraction of sp³-hybridized carbons (Fsp3) is 0.667. The molecule has 1 aromatic heterocycles. The summed E-state index contributed by atoms with van der Waals surface area (Å²) in [4.78, 5) is 17.0. The first-order valence-corrected chi connectivity index (χ1v) is 6.25. The molecule has 2 atom stereocenters. The Bertz CT molecular complexity index is 418. The minimum Gasteiger partial charge on any atom is -0.480 e. The van der Waals surface area contributed by atoms with Crippen molar-refractivity contribution in [1.29, 1.82) is 0 Å². The van der Waals surface area contributed by atoms with E-state index >= 15 is 0 Å². The largest absolute Gasteiger partial charge is 0.480 e. The SMILES string of the molecule is CCCn1cncc1CN1CC(O)CC1C(=O)O. The highest BCUT2D eigenvalue weighted by molar-refractivity contribution is 5.74. The number of aliphatic carboxylic acids is 1. The number of carboxylic acid groups (broad SMARTS) is 1. The van der Waals surface area contributed by atoms with Gasteiger partial charge in [0, 0.05) is 32.3 Å². The Morgan fingerprint density at radius 1 is 1.61 bits per heavy atom. The molecule has 0 bridgehead atoms. The summed E-state index contributed by atoms with van der Waals surface area (Å²) >= 11 is 0. The lowest BCUT2D eigenvalue weighted by atomic mass is 10.2. The van der Waals surface area contributed by atoms with E-state index in [0.29, 0.717) is 19.5 Å². The summed E-state index contributed by atoms with van der Waals surface area (Å²) in [7, 11) is 0. The van der Waals surface area contributed by atoms with Crippen molar-refractivity contribution in [3.05, 3.63) is 18.2 Å². The fourth-order valence-electron chi connectivity index (χ4n) is 2.44. The van der Waals surface area contributed by atoms with Gasteiger partial charge >= 0.3 is 5.97 Å². The van der Waals surface area contributed by atoms with Crippen molar-refractivity contribution >= 4 is 5.97 Å². The van der Waals surface area contributed by atoms with Crippen LogP contribution in [0.2, 0.25) is 0 Å². The second-order valence-corrected chi connectivity index (χ2v) is 4.75. The summed E-state index contributed by atoms with van der Waals surface area (Å²) in [6, 6.07) is -0.593. The lowest BCUT2D eigenvalue weighted by Crippen LogP contribution is -2.36. The summed E-state index contributed by atoms with van der Waals surface area (Å²) in [6.07, 6.45) is 4.29. The Balaban J connectivity index is 2.07. The highest BCUT2D eigenvalue weighted by Gasteiger charge is 2.36. The average Bonchev–Trinajstić information content (AvgIpc) is 2.87. The lowest BCUT2D eigenvalue weighted by molar-refractivity contribution is -0.142. The second kappa shape index (κ2) is 5.49. The number of carbonyl (C=O) groups is 1. The molecule has 0 spiro atoms. The molecule has 1 aliphatic heterocycles. The molecule has 18 heavy (non-hydrogen) atoms. The van der Waals surface area contributed by atoms with E-state index in [4.69, 9.17) is 5.11 Å². The molecule has 1 fully saturated rings. The zero-order chi connectivity index (χ0) is 13.1. The molecule has 2 rings (SSSR count). The van der Waals surface area contributed by atoms with Gasteiger partial charge in [0.1, 0.15) is 6.04 Å². The van der Waals surface area contributed by atoms with E-state index in [-0.39, 0.29) is 0 Å². The summed E-state index contributed by atoms with van der Waals surface area (Å²) in [6.45, 7) is 3.90. The van der Waals surface area contributed by atoms with Crippen LogP contribution < -0.4 is 0 Å². The number of aliphatic hydroxyl groups excluding tert-OH is 1. The van der Waals surface area contributed by atoms with Gasteiger partial charge in [-0.2, -0.15) is 0 Å². The molecule has 100 valence electrons. The van der Waals surface area contributed by atoms with E-state index in [1.807, 2.05) is 4.57 Å². The van der Waals surface area contributed by atoms with Crippen LogP contribution in [0.1, 0.15) is 25.5 Å². The van der Waals surface area contributed by atoms with Gasteiger partial charge in [0.25, 0.3) is 0 Å². The van der Waals surface area contributed by atoms with Crippen molar-refractivity contribution in [2.45, 2.75) is 45.0 Å². The van der Waals surface area contributed by atoms with Gasteiger partial charge in [-0.3, -0.25) is 9.69 Å². The molecule has 0 radical (unpaired) electrons. The number of likely N-dealkylation sites (tertiary alicyclic amines) is 1. The predicted octanol–water partition coefficient (Wildman–Crippen LogP) is 0.313. The third-order valence-electron chi connectivity index (χ3n) is 3.29. The molecule has 0 saturated carbocycles. The molecule has 6 heteroatoms. The van der Waals surface area contributed by atoms with Crippen LogP contribution in [-0.2, 0) is 17.9 Å². The van der Waals surface area contributed by atoms with Crippen molar-refractivity contribution in [3.63, 3.8) is 0 Å². The number of nitrogens with zero attached hydrogens (tertiary/aromatic N) is 3. The van der Waals surface area contributed by atoms with Gasteiger partial charge in [-0.05, 0) is 6.42 Å². The Kier molecular flexibility index (Phi) is 3.98. The molecular weight excluding hydrogens is 234 g/mol. The van der Waals surface area contributed by atoms with Crippen LogP contribution in [0.15, 0.2) is 12.5 Å². The highest BCUT2D eigenvalue weighted by atomic mass is 16.4. The normalized spacial score (nSPS) is 24.6. The van der Waals surface area contributed by atoms with E-state index < -0.39 is 18.1 Å². The molecule has 0 aliphatic carbocycles. The Morgan fingerprint density at radius 3 is 3.06 bits per heavy atom. The van der Waals surface area contributed by atoms with Crippen LogP contribution in [0, 0.1) is 0 Å². The molecule has 2 N–H and O–H groups in total. The maximum absolute atomic E-state index is 11.1. The first-order chi connectivity index (χ1) is 8.61. The van der Waals surface area contributed by atoms with Crippen LogP contribution in [0.3, 0.4) is 0 Å². The van der Waals surface area contributed by atoms with Crippen molar-refractivity contribution in [2.24, 2.45) is 0 Å². The summed E-state index contributed by atoms with van der Waals surface area (Å²) in [5.74, 6) is -0.867. The quantitative estimate of drug-likeness (QED) is 0.789. The molecule has 0 aromatic carbocycles. The van der Waals surface area contributed by atoms with Gasteiger partial charge in [0.05, 0.1) is 18.1 Å². The fourth-order valence-corrected chi connectivity index (χ4v) is 2.44. The van der Waals surface area contributed by atoms with Crippen molar-refractivity contribution in [3.8, 4) is 0 Å². The van der Waals surface area contributed by atoms with E-state index in [2.05, 4.69) is 11.9 Å². The summed E-state index contributed by atoms with van der Waals surface area (Å²) < 4.78 is 2.03. The Morgan fingerprint density at radius 2 is 2.39 bits per heavy atom. The number of aromatic nitrogens is 2. The number of aliphatic hydroxyl groups is 1. The molecular formula is C12H19N3O3. The number of imidazole rings is 1. The number of hydrogen-bond donors (Lipinski definition) is 2. The smallest absolute Gasteiger partial charge is 0.321 e. The molecule has 6 nitrogen and oxygen atoms in total. The van der Waals surface area contributed by atoms with Gasteiger partial charge < -0.3 is 14.8 Å². The third kappa shape index (κ3) is 2.70. The second-order valence-electron chi connectivity index (χ2n) is 4.75. The van der Waals surface area contributed by atoms with E-state index in [1.165, 1.54) is 0 Å². The number of β-amino-alcohol motifs (C(OH)–C–C–N with tert-alkyl or cyclic N) is 1. The van der Waals surface area contributed by atoms with Crippen molar-refractivity contribution in [1.82, 2.24) is 14.5 Å². The van der Waals surface area contributed by atoms with Crippen LogP contribution in [0.4, 0.5) is 0 Å². The first-order valence-electron chi connectivity index (χ1n) is 6.25. The molecule has 2 heterocycles. The number of carboxylic acids is 1. The number of aryl methyl sites for hydroxylation is 1. The minimum atomic E-state index is -0.867.